The summed E-state index contributed by atoms with van der Waals surface area (Å²) >= 11 is 0. The van der Waals surface area contributed by atoms with Gasteiger partial charge in [-0.2, -0.15) is 0 Å². The average molecular weight is 251 g/mol. The van der Waals surface area contributed by atoms with Gasteiger partial charge in [0.1, 0.15) is 0 Å². The van der Waals surface area contributed by atoms with Crippen LogP contribution in [0.25, 0.3) is 0 Å². The fraction of sp³-hybridized carbons (Fsp3) is 0.643. The lowest BCUT2D eigenvalue weighted by Gasteiger charge is -2.18. The Balaban J connectivity index is 2.58. The molecule has 0 aliphatic carbocycles. The third kappa shape index (κ3) is 5.58. The lowest BCUT2D eigenvalue weighted by molar-refractivity contribution is 0.158. The second kappa shape index (κ2) is 8.19. The molecule has 18 heavy (non-hydrogen) atoms. The van der Waals surface area contributed by atoms with E-state index in [2.05, 4.69) is 42.2 Å². The normalized spacial score (nSPS) is 11.4. The summed E-state index contributed by atoms with van der Waals surface area (Å²) < 4.78 is 5.08. The first-order valence-corrected chi connectivity index (χ1v) is 6.47. The van der Waals surface area contributed by atoms with Gasteiger partial charge in [-0.05, 0) is 18.7 Å². The van der Waals surface area contributed by atoms with Crippen LogP contribution in [-0.4, -0.2) is 43.2 Å². The van der Waals surface area contributed by atoms with Crippen molar-refractivity contribution in [1.82, 2.24) is 15.2 Å². The molecule has 1 rings (SSSR count). The molecule has 0 saturated carbocycles. The zero-order chi connectivity index (χ0) is 13.4. The van der Waals surface area contributed by atoms with E-state index in [1.807, 2.05) is 12.3 Å². The molecule has 0 atom stereocenters. The minimum atomic E-state index is 0.490. The molecule has 1 aromatic heterocycles. The van der Waals surface area contributed by atoms with Crippen LogP contribution in [0.15, 0.2) is 18.3 Å². The Morgan fingerprint density at radius 2 is 2.22 bits per heavy atom. The van der Waals surface area contributed by atoms with Crippen LogP contribution in [0.1, 0.15) is 25.1 Å². The standard InChI is InChI=1S/C14H25N3O/c1-12(2)16-10-13-6-5-7-15-14(13)11-17(3)8-9-18-4/h5-7,12,16H,8-11H2,1-4H3. The lowest BCUT2D eigenvalue weighted by atomic mass is 10.1. The molecule has 0 radical (unpaired) electrons. The highest BCUT2D eigenvalue weighted by atomic mass is 16.5. The number of ether oxygens (including phenoxy) is 1. The van der Waals surface area contributed by atoms with Crippen molar-refractivity contribution in [3.8, 4) is 0 Å². The van der Waals surface area contributed by atoms with Gasteiger partial charge in [0, 0.05) is 39.0 Å². The summed E-state index contributed by atoms with van der Waals surface area (Å²) in [5.74, 6) is 0. The van der Waals surface area contributed by atoms with Gasteiger partial charge in [-0.3, -0.25) is 9.88 Å². The van der Waals surface area contributed by atoms with Gasteiger partial charge in [-0.15, -0.1) is 0 Å². The summed E-state index contributed by atoms with van der Waals surface area (Å²) in [5.41, 5.74) is 2.42. The lowest BCUT2D eigenvalue weighted by Crippen LogP contribution is -2.26. The van der Waals surface area contributed by atoms with Crippen LogP contribution in [0, 0.1) is 0 Å². The number of pyridine rings is 1. The molecule has 0 saturated heterocycles. The molecule has 1 aromatic rings. The molecule has 4 heteroatoms. The van der Waals surface area contributed by atoms with E-state index in [1.165, 1.54) is 5.56 Å². The number of nitrogens with zero attached hydrogens (tertiary/aromatic N) is 2. The van der Waals surface area contributed by atoms with Gasteiger partial charge >= 0.3 is 0 Å². The van der Waals surface area contributed by atoms with Gasteiger partial charge in [0.2, 0.25) is 0 Å². The Hall–Kier alpha value is -0.970. The number of nitrogens with one attached hydrogen (secondary N) is 1. The van der Waals surface area contributed by atoms with Crippen LogP contribution in [-0.2, 0) is 17.8 Å². The van der Waals surface area contributed by atoms with E-state index in [1.54, 1.807) is 7.11 Å². The molecule has 0 aromatic carbocycles. The maximum absolute atomic E-state index is 5.08. The van der Waals surface area contributed by atoms with Crippen LogP contribution in [0.5, 0.6) is 0 Å². The number of aromatic nitrogens is 1. The van der Waals surface area contributed by atoms with Gasteiger partial charge < -0.3 is 10.1 Å². The van der Waals surface area contributed by atoms with E-state index in [9.17, 15) is 0 Å². The Morgan fingerprint density at radius 1 is 1.44 bits per heavy atom. The summed E-state index contributed by atoms with van der Waals surface area (Å²) in [6.45, 7) is 7.72. The van der Waals surface area contributed by atoms with Crippen LogP contribution in [0.3, 0.4) is 0 Å². The molecule has 0 unspecified atom stereocenters. The summed E-state index contributed by atoms with van der Waals surface area (Å²) in [6.07, 6.45) is 1.86. The molecule has 102 valence electrons. The van der Waals surface area contributed by atoms with E-state index >= 15 is 0 Å². The number of rotatable bonds is 8. The Morgan fingerprint density at radius 3 is 2.89 bits per heavy atom. The maximum Gasteiger partial charge on any atom is 0.0589 e. The second-order valence-corrected chi connectivity index (χ2v) is 4.88. The number of hydrogen-bond donors (Lipinski definition) is 1. The predicted octanol–water partition coefficient (Wildman–Crippen LogP) is 1.66. The molecule has 0 fully saturated rings. The highest BCUT2D eigenvalue weighted by Gasteiger charge is 2.07. The van der Waals surface area contributed by atoms with Crippen molar-refractivity contribution in [2.75, 3.05) is 27.3 Å². The first kappa shape index (κ1) is 15.1. The Kier molecular flexibility index (Phi) is 6.86. The van der Waals surface area contributed by atoms with E-state index in [4.69, 9.17) is 4.74 Å². The SMILES string of the molecule is COCCN(C)Cc1ncccc1CNC(C)C. The summed E-state index contributed by atoms with van der Waals surface area (Å²) in [7, 11) is 3.82. The zero-order valence-electron chi connectivity index (χ0n) is 11.9. The molecule has 0 spiro atoms. The molecule has 1 heterocycles. The third-order valence-electron chi connectivity index (χ3n) is 2.78. The molecule has 0 aliphatic rings. The highest BCUT2D eigenvalue weighted by Crippen LogP contribution is 2.08. The van der Waals surface area contributed by atoms with Crippen LogP contribution >= 0.6 is 0 Å². The number of hydrogen-bond acceptors (Lipinski definition) is 4. The van der Waals surface area contributed by atoms with Crippen molar-refractivity contribution in [1.29, 1.82) is 0 Å². The van der Waals surface area contributed by atoms with Crippen molar-refractivity contribution in [3.05, 3.63) is 29.6 Å². The summed E-state index contributed by atoms with van der Waals surface area (Å²) in [5, 5.41) is 3.44. The smallest absolute Gasteiger partial charge is 0.0589 e. The molecular weight excluding hydrogens is 226 g/mol. The summed E-state index contributed by atoms with van der Waals surface area (Å²) in [6, 6.07) is 4.63. The van der Waals surface area contributed by atoms with Gasteiger partial charge in [0.15, 0.2) is 0 Å². The van der Waals surface area contributed by atoms with E-state index in [-0.39, 0.29) is 0 Å². The van der Waals surface area contributed by atoms with Crippen molar-refractivity contribution in [2.24, 2.45) is 0 Å². The Labute approximate surface area is 110 Å². The number of methoxy groups -OCH3 is 1. The van der Waals surface area contributed by atoms with Crippen molar-refractivity contribution in [3.63, 3.8) is 0 Å². The molecular formula is C14H25N3O. The van der Waals surface area contributed by atoms with Gasteiger partial charge in [-0.25, -0.2) is 0 Å². The fourth-order valence-corrected chi connectivity index (χ4v) is 1.67. The fourth-order valence-electron chi connectivity index (χ4n) is 1.67. The third-order valence-corrected chi connectivity index (χ3v) is 2.78. The molecule has 4 nitrogen and oxygen atoms in total. The van der Waals surface area contributed by atoms with Gasteiger partial charge in [0.05, 0.1) is 12.3 Å². The minimum Gasteiger partial charge on any atom is -0.383 e. The minimum absolute atomic E-state index is 0.490. The van der Waals surface area contributed by atoms with E-state index in [0.29, 0.717) is 6.04 Å². The summed E-state index contributed by atoms with van der Waals surface area (Å²) in [4.78, 5) is 6.71. The molecule has 0 aliphatic heterocycles. The van der Waals surface area contributed by atoms with Crippen LogP contribution in [0.4, 0.5) is 0 Å². The molecule has 0 bridgehead atoms. The maximum atomic E-state index is 5.08. The quantitative estimate of drug-likeness (QED) is 0.762. The van der Waals surface area contributed by atoms with E-state index in [0.717, 1.165) is 31.9 Å². The molecule has 0 amide bonds. The zero-order valence-corrected chi connectivity index (χ0v) is 11.9. The monoisotopic (exact) mass is 251 g/mol. The van der Waals surface area contributed by atoms with Crippen LogP contribution < -0.4 is 5.32 Å². The van der Waals surface area contributed by atoms with Crippen molar-refractivity contribution in [2.45, 2.75) is 33.0 Å². The average Bonchev–Trinajstić information content (AvgIpc) is 2.35. The number of likely N-dealkylation sites (N-methyl/N-ethyl adjacent to an activating group) is 1. The first-order chi connectivity index (χ1) is 8.63. The predicted molar refractivity (Wildman–Crippen MR) is 74.4 cm³/mol. The molecule has 1 N–H and O–H groups in total. The van der Waals surface area contributed by atoms with Gasteiger partial charge in [0.25, 0.3) is 0 Å². The Bertz CT molecular complexity index is 342. The van der Waals surface area contributed by atoms with Crippen molar-refractivity contribution >= 4 is 0 Å². The topological polar surface area (TPSA) is 37.4 Å². The highest BCUT2D eigenvalue weighted by molar-refractivity contribution is 5.19. The van der Waals surface area contributed by atoms with Gasteiger partial charge in [-0.1, -0.05) is 19.9 Å². The van der Waals surface area contributed by atoms with E-state index < -0.39 is 0 Å². The van der Waals surface area contributed by atoms with Crippen LogP contribution in [0.2, 0.25) is 0 Å². The second-order valence-electron chi connectivity index (χ2n) is 4.88. The van der Waals surface area contributed by atoms with Crippen molar-refractivity contribution < 1.29 is 4.74 Å². The first-order valence-electron chi connectivity index (χ1n) is 6.47. The largest absolute Gasteiger partial charge is 0.383 e.